The summed E-state index contributed by atoms with van der Waals surface area (Å²) in [7, 11) is 0. The molecule has 4 rings (SSSR count). The van der Waals surface area contributed by atoms with Crippen LogP contribution in [0.1, 0.15) is 15.9 Å². The van der Waals surface area contributed by atoms with E-state index in [2.05, 4.69) is 0 Å². The summed E-state index contributed by atoms with van der Waals surface area (Å²) in [6, 6.07) is 13.2. The molecule has 25 heavy (non-hydrogen) atoms. The van der Waals surface area contributed by atoms with E-state index < -0.39 is 17.6 Å². The van der Waals surface area contributed by atoms with Crippen molar-refractivity contribution < 1.29 is 22.8 Å². The van der Waals surface area contributed by atoms with E-state index in [-0.39, 0.29) is 5.75 Å². The quantitative estimate of drug-likeness (QED) is 0.701. The molecule has 0 aliphatic carbocycles. The zero-order chi connectivity index (χ0) is 17.8. The fourth-order valence-corrected chi connectivity index (χ4v) is 3.11. The second-order valence-corrected chi connectivity index (χ2v) is 5.62. The van der Waals surface area contributed by atoms with E-state index in [9.17, 15) is 18.0 Å². The first-order chi connectivity index (χ1) is 11.9. The Balaban J connectivity index is 1.89. The van der Waals surface area contributed by atoms with E-state index in [0.717, 1.165) is 17.5 Å². The highest BCUT2D eigenvalue weighted by Gasteiger charge is 2.35. The van der Waals surface area contributed by atoms with Crippen LogP contribution in [0.4, 0.5) is 24.5 Å². The number of benzene rings is 3. The predicted molar refractivity (Wildman–Crippen MR) is 86.7 cm³/mol. The lowest BCUT2D eigenvalue weighted by Gasteiger charge is -2.18. The number of alkyl halides is 3. The van der Waals surface area contributed by atoms with Gasteiger partial charge in [0.1, 0.15) is 0 Å². The zero-order valence-electron chi connectivity index (χ0n) is 12.7. The molecule has 0 unspecified atom stereocenters. The molecule has 1 heterocycles. The molecule has 0 saturated heterocycles. The summed E-state index contributed by atoms with van der Waals surface area (Å²) in [5, 5.41) is 1.48. The molecule has 1 aliphatic rings. The smallest absolute Gasteiger partial charge is 0.411 e. The summed E-state index contributed by atoms with van der Waals surface area (Å²) >= 11 is 0. The Morgan fingerprint density at radius 1 is 0.960 bits per heavy atom. The Kier molecular flexibility index (Phi) is 3.23. The number of anilines is 2. The molecule has 0 atom stereocenters. The van der Waals surface area contributed by atoms with Gasteiger partial charge in [-0.3, -0.25) is 9.69 Å². The first kappa shape index (κ1) is 15.5. The molecule has 4 nitrogen and oxygen atoms in total. The summed E-state index contributed by atoms with van der Waals surface area (Å²) in [4.78, 5) is 19.1. The molecule has 2 N–H and O–H groups in total. The van der Waals surface area contributed by atoms with Gasteiger partial charge in [0.25, 0.3) is 5.91 Å². The van der Waals surface area contributed by atoms with Crippen LogP contribution < -0.4 is 15.6 Å². The van der Waals surface area contributed by atoms with Crippen molar-refractivity contribution in [1.29, 1.82) is 0 Å². The SMILES string of the molecule is NOc1ccc2cccc3c2c1C(=O)N3c1ccc(C(F)(F)F)cc1. The third-order valence-corrected chi connectivity index (χ3v) is 4.22. The van der Waals surface area contributed by atoms with Crippen molar-refractivity contribution in [1.82, 2.24) is 0 Å². The van der Waals surface area contributed by atoms with Crippen LogP contribution in [-0.2, 0) is 6.18 Å². The maximum Gasteiger partial charge on any atom is 0.416 e. The van der Waals surface area contributed by atoms with Crippen LogP contribution in [0.5, 0.6) is 5.75 Å². The minimum Gasteiger partial charge on any atom is -0.411 e. The van der Waals surface area contributed by atoms with Crippen molar-refractivity contribution in [3.8, 4) is 5.75 Å². The fraction of sp³-hybridized carbons (Fsp3) is 0.0556. The molecule has 1 aliphatic heterocycles. The Morgan fingerprint density at radius 2 is 1.68 bits per heavy atom. The zero-order valence-corrected chi connectivity index (χ0v) is 12.7. The number of nitrogens with zero attached hydrogens (tertiary/aromatic N) is 1. The van der Waals surface area contributed by atoms with Gasteiger partial charge in [0.2, 0.25) is 0 Å². The summed E-state index contributed by atoms with van der Waals surface area (Å²) in [6.45, 7) is 0. The fourth-order valence-electron chi connectivity index (χ4n) is 3.11. The lowest BCUT2D eigenvalue weighted by molar-refractivity contribution is -0.137. The van der Waals surface area contributed by atoms with Crippen LogP contribution in [0.3, 0.4) is 0 Å². The topological polar surface area (TPSA) is 55.6 Å². The van der Waals surface area contributed by atoms with E-state index >= 15 is 0 Å². The Morgan fingerprint density at radius 3 is 2.32 bits per heavy atom. The number of rotatable bonds is 2. The standard InChI is InChI=1S/C18H11F3N2O2/c19-18(20,21)11-5-7-12(8-6-11)23-13-3-1-2-10-4-9-14(25-22)16(15(10)13)17(23)24/h1-9H,22H2. The third kappa shape index (κ3) is 2.24. The molecule has 0 bridgehead atoms. The van der Waals surface area contributed by atoms with Gasteiger partial charge in [-0.2, -0.15) is 19.1 Å². The van der Waals surface area contributed by atoms with Gasteiger partial charge >= 0.3 is 6.18 Å². The van der Waals surface area contributed by atoms with E-state index in [0.29, 0.717) is 22.3 Å². The van der Waals surface area contributed by atoms with E-state index in [1.807, 2.05) is 6.07 Å². The molecule has 0 saturated carbocycles. The average Bonchev–Trinajstić information content (AvgIpc) is 2.89. The summed E-state index contributed by atoms with van der Waals surface area (Å²) in [5.41, 5.74) is 0.445. The molecule has 0 spiro atoms. The second kappa shape index (κ2) is 5.22. The lowest BCUT2D eigenvalue weighted by Crippen LogP contribution is -2.22. The molecular weight excluding hydrogens is 333 g/mol. The maximum absolute atomic E-state index is 12.9. The van der Waals surface area contributed by atoms with E-state index in [1.54, 1.807) is 24.3 Å². The van der Waals surface area contributed by atoms with Crippen LogP contribution >= 0.6 is 0 Å². The van der Waals surface area contributed by atoms with Crippen molar-refractivity contribution in [3.05, 3.63) is 65.7 Å². The Bertz CT molecular complexity index is 998. The highest BCUT2D eigenvalue weighted by molar-refractivity contribution is 6.29. The van der Waals surface area contributed by atoms with Crippen LogP contribution in [0.25, 0.3) is 10.8 Å². The monoisotopic (exact) mass is 344 g/mol. The molecule has 3 aromatic carbocycles. The number of hydrogen-bond donors (Lipinski definition) is 1. The van der Waals surface area contributed by atoms with E-state index in [1.165, 1.54) is 17.0 Å². The number of carbonyl (C=O) groups excluding carboxylic acids is 1. The third-order valence-electron chi connectivity index (χ3n) is 4.22. The minimum absolute atomic E-state index is 0.222. The number of amides is 1. The molecule has 126 valence electrons. The van der Waals surface area contributed by atoms with Gasteiger partial charge in [-0.05, 0) is 41.8 Å². The number of nitrogens with two attached hydrogens (primary N) is 1. The van der Waals surface area contributed by atoms with Gasteiger partial charge in [-0.15, -0.1) is 0 Å². The molecule has 1 amide bonds. The molecular formula is C18H11F3N2O2. The first-order valence-electron chi connectivity index (χ1n) is 7.36. The molecule has 0 fully saturated rings. The highest BCUT2D eigenvalue weighted by atomic mass is 19.4. The summed E-state index contributed by atoms with van der Waals surface area (Å²) in [6.07, 6.45) is -4.43. The average molecular weight is 344 g/mol. The highest BCUT2D eigenvalue weighted by Crippen LogP contribution is 2.45. The van der Waals surface area contributed by atoms with Gasteiger partial charge in [-0.25, -0.2) is 0 Å². The van der Waals surface area contributed by atoms with Gasteiger partial charge in [0.15, 0.2) is 5.75 Å². The van der Waals surface area contributed by atoms with Crippen molar-refractivity contribution in [2.24, 2.45) is 5.90 Å². The number of halogens is 3. The lowest BCUT2D eigenvalue weighted by atomic mass is 10.0. The first-order valence-corrected chi connectivity index (χ1v) is 7.36. The van der Waals surface area contributed by atoms with Gasteiger partial charge in [-0.1, -0.05) is 18.2 Å². The largest absolute Gasteiger partial charge is 0.416 e. The minimum atomic E-state index is -4.43. The van der Waals surface area contributed by atoms with Crippen LogP contribution in [-0.4, -0.2) is 5.91 Å². The number of carbonyl (C=O) groups is 1. The van der Waals surface area contributed by atoms with E-state index in [4.69, 9.17) is 10.7 Å². The van der Waals surface area contributed by atoms with Crippen LogP contribution in [0, 0.1) is 0 Å². The number of hydrogen-bond acceptors (Lipinski definition) is 3. The van der Waals surface area contributed by atoms with Crippen molar-refractivity contribution in [3.63, 3.8) is 0 Å². The van der Waals surface area contributed by atoms with Crippen molar-refractivity contribution in [2.45, 2.75) is 6.18 Å². The van der Waals surface area contributed by atoms with Crippen molar-refractivity contribution in [2.75, 3.05) is 4.90 Å². The summed E-state index contributed by atoms with van der Waals surface area (Å²) < 4.78 is 38.3. The second-order valence-electron chi connectivity index (χ2n) is 5.62. The van der Waals surface area contributed by atoms with Gasteiger partial charge in [0, 0.05) is 11.1 Å². The maximum atomic E-state index is 12.9. The molecule has 7 heteroatoms. The Hall–Kier alpha value is -3.06. The normalized spacial score (nSPS) is 13.6. The summed E-state index contributed by atoms with van der Waals surface area (Å²) in [5.74, 6) is 5.08. The van der Waals surface area contributed by atoms with Crippen LogP contribution in [0.15, 0.2) is 54.6 Å². The Labute approximate surface area is 140 Å². The van der Waals surface area contributed by atoms with Crippen molar-refractivity contribution >= 4 is 28.1 Å². The molecule has 0 aromatic heterocycles. The van der Waals surface area contributed by atoms with Crippen LogP contribution in [0.2, 0.25) is 0 Å². The van der Waals surface area contributed by atoms with Gasteiger partial charge < -0.3 is 4.84 Å². The predicted octanol–water partition coefficient (Wildman–Crippen LogP) is 4.40. The van der Waals surface area contributed by atoms with Gasteiger partial charge in [0.05, 0.1) is 16.8 Å². The molecule has 0 radical (unpaired) electrons. The molecule has 3 aromatic rings.